The standard InChI is InChI=1S/C21H22N4O/c22-16(14-26-13-15-6-2-1-3-7-15)12-25-19-9-5-4-8-17(19)18-10-11-20(23)24-21(18)25/h1-11,16H,12-14,22H2,(H2,23,24)/t16-/m1/s1. The van der Waals surface area contributed by atoms with Gasteiger partial charge in [0, 0.05) is 23.4 Å². The molecule has 2 heterocycles. The highest BCUT2D eigenvalue weighted by atomic mass is 16.5. The van der Waals surface area contributed by atoms with Gasteiger partial charge in [-0.1, -0.05) is 48.5 Å². The number of rotatable bonds is 6. The molecule has 0 amide bonds. The van der Waals surface area contributed by atoms with Gasteiger partial charge in [-0.05, 0) is 23.8 Å². The van der Waals surface area contributed by atoms with Crippen LogP contribution in [0.5, 0.6) is 0 Å². The normalized spacial score (nSPS) is 12.7. The van der Waals surface area contributed by atoms with Gasteiger partial charge in [0.05, 0.1) is 18.7 Å². The Morgan fingerprint density at radius 1 is 0.923 bits per heavy atom. The second kappa shape index (κ2) is 7.15. The Morgan fingerprint density at radius 2 is 1.69 bits per heavy atom. The lowest BCUT2D eigenvalue weighted by Gasteiger charge is -2.15. The van der Waals surface area contributed by atoms with Gasteiger partial charge in [-0.15, -0.1) is 0 Å². The zero-order valence-corrected chi connectivity index (χ0v) is 14.5. The number of pyridine rings is 1. The Balaban J connectivity index is 1.54. The summed E-state index contributed by atoms with van der Waals surface area (Å²) in [7, 11) is 0. The molecule has 2 aromatic carbocycles. The molecule has 0 bridgehead atoms. The number of nitrogens with two attached hydrogens (primary N) is 2. The van der Waals surface area contributed by atoms with Gasteiger partial charge >= 0.3 is 0 Å². The van der Waals surface area contributed by atoms with Gasteiger partial charge in [-0.25, -0.2) is 4.98 Å². The predicted molar refractivity (Wildman–Crippen MR) is 106 cm³/mol. The van der Waals surface area contributed by atoms with E-state index in [9.17, 15) is 0 Å². The first kappa shape index (κ1) is 16.6. The lowest BCUT2D eigenvalue weighted by atomic mass is 10.2. The number of fused-ring (bicyclic) bond motifs is 3. The van der Waals surface area contributed by atoms with E-state index in [2.05, 4.69) is 21.7 Å². The van der Waals surface area contributed by atoms with Crippen molar-refractivity contribution in [3.8, 4) is 0 Å². The summed E-state index contributed by atoms with van der Waals surface area (Å²) in [6, 6.07) is 22.1. The first-order valence-corrected chi connectivity index (χ1v) is 8.73. The molecule has 0 saturated carbocycles. The van der Waals surface area contributed by atoms with Crippen LogP contribution in [0.3, 0.4) is 0 Å². The zero-order chi connectivity index (χ0) is 17.9. The zero-order valence-electron chi connectivity index (χ0n) is 14.5. The van der Waals surface area contributed by atoms with Crippen molar-refractivity contribution in [3.63, 3.8) is 0 Å². The fraction of sp³-hybridized carbons (Fsp3) is 0.190. The monoisotopic (exact) mass is 346 g/mol. The Hall–Kier alpha value is -2.89. The van der Waals surface area contributed by atoms with Gasteiger partial charge in [0.15, 0.2) is 0 Å². The number of ether oxygens (including phenoxy) is 1. The number of hydrogen-bond donors (Lipinski definition) is 2. The highest BCUT2D eigenvalue weighted by Gasteiger charge is 2.14. The molecule has 0 aliphatic carbocycles. The minimum absolute atomic E-state index is 0.138. The van der Waals surface area contributed by atoms with Crippen molar-refractivity contribution in [1.82, 2.24) is 9.55 Å². The third kappa shape index (κ3) is 3.27. The summed E-state index contributed by atoms with van der Waals surface area (Å²) in [6.45, 7) is 1.66. The highest BCUT2D eigenvalue weighted by Crippen LogP contribution is 2.28. The van der Waals surface area contributed by atoms with Crippen LogP contribution in [0.25, 0.3) is 21.9 Å². The van der Waals surface area contributed by atoms with Crippen LogP contribution in [0.4, 0.5) is 5.82 Å². The van der Waals surface area contributed by atoms with Crippen molar-refractivity contribution in [1.29, 1.82) is 0 Å². The van der Waals surface area contributed by atoms with Crippen molar-refractivity contribution in [3.05, 3.63) is 72.3 Å². The summed E-state index contributed by atoms with van der Waals surface area (Å²) in [5, 5.41) is 2.25. The first-order chi connectivity index (χ1) is 12.7. The van der Waals surface area contributed by atoms with Gasteiger partial charge in [-0.2, -0.15) is 0 Å². The molecular formula is C21H22N4O. The molecule has 26 heavy (non-hydrogen) atoms. The van der Waals surface area contributed by atoms with Gasteiger partial charge in [0.1, 0.15) is 11.5 Å². The molecule has 0 unspecified atom stereocenters. The van der Waals surface area contributed by atoms with Gasteiger partial charge in [0.25, 0.3) is 0 Å². The van der Waals surface area contributed by atoms with Crippen LogP contribution < -0.4 is 11.5 Å². The van der Waals surface area contributed by atoms with E-state index in [4.69, 9.17) is 16.2 Å². The second-order valence-corrected chi connectivity index (χ2v) is 6.50. The van der Waals surface area contributed by atoms with Crippen LogP contribution in [0.1, 0.15) is 5.56 Å². The van der Waals surface area contributed by atoms with E-state index in [1.54, 1.807) is 0 Å². The summed E-state index contributed by atoms with van der Waals surface area (Å²) >= 11 is 0. The van der Waals surface area contributed by atoms with E-state index in [0.29, 0.717) is 25.6 Å². The molecular weight excluding hydrogens is 324 g/mol. The smallest absolute Gasteiger partial charge is 0.143 e. The van der Waals surface area contributed by atoms with Gasteiger partial charge in [-0.3, -0.25) is 0 Å². The Kier molecular flexibility index (Phi) is 4.56. The molecule has 1 atom stereocenters. The summed E-state index contributed by atoms with van der Waals surface area (Å²) in [4.78, 5) is 4.54. The molecule has 5 nitrogen and oxygen atoms in total. The summed E-state index contributed by atoms with van der Waals surface area (Å²) in [5.74, 6) is 0.510. The number of para-hydroxylation sites is 1. The third-order valence-electron chi connectivity index (χ3n) is 4.50. The maximum atomic E-state index is 6.34. The number of nitrogen functional groups attached to an aromatic ring is 1. The third-order valence-corrected chi connectivity index (χ3v) is 4.50. The van der Waals surface area contributed by atoms with Crippen molar-refractivity contribution in [2.24, 2.45) is 5.73 Å². The summed E-state index contributed by atoms with van der Waals surface area (Å²) in [5.41, 5.74) is 15.4. The van der Waals surface area contributed by atoms with E-state index in [1.807, 2.05) is 54.6 Å². The summed E-state index contributed by atoms with van der Waals surface area (Å²) in [6.07, 6.45) is 0. The minimum Gasteiger partial charge on any atom is -0.384 e. The fourth-order valence-corrected chi connectivity index (χ4v) is 3.30. The number of benzene rings is 2. The van der Waals surface area contributed by atoms with Crippen molar-refractivity contribution in [2.45, 2.75) is 19.2 Å². The average Bonchev–Trinajstić information content (AvgIpc) is 2.96. The van der Waals surface area contributed by atoms with Crippen LogP contribution in [0, 0.1) is 0 Å². The number of nitrogens with zero attached hydrogens (tertiary/aromatic N) is 2. The van der Waals surface area contributed by atoms with E-state index in [0.717, 1.165) is 27.5 Å². The van der Waals surface area contributed by atoms with Gasteiger partial charge < -0.3 is 20.8 Å². The largest absolute Gasteiger partial charge is 0.384 e. The predicted octanol–water partition coefficient (Wildman–Crippen LogP) is 3.32. The minimum atomic E-state index is -0.138. The van der Waals surface area contributed by atoms with Crippen molar-refractivity contribution < 1.29 is 4.74 Å². The molecule has 2 aromatic heterocycles. The molecule has 4 rings (SSSR count). The van der Waals surface area contributed by atoms with Crippen molar-refractivity contribution in [2.75, 3.05) is 12.3 Å². The highest BCUT2D eigenvalue weighted by molar-refractivity contribution is 6.06. The lowest BCUT2D eigenvalue weighted by Crippen LogP contribution is -2.31. The fourth-order valence-electron chi connectivity index (χ4n) is 3.30. The lowest BCUT2D eigenvalue weighted by molar-refractivity contribution is 0.104. The maximum Gasteiger partial charge on any atom is 0.143 e. The quantitative estimate of drug-likeness (QED) is 0.561. The molecule has 0 aliphatic rings. The number of anilines is 1. The van der Waals surface area contributed by atoms with Crippen LogP contribution in [0.2, 0.25) is 0 Å². The Bertz CT molecular complexity index is 1030. The van der Waals surface area contributed by atoms with Crippen LogP contribution in [-0.2, 0) is 17.9 Å². The van der Waals surface area contributed by atoms with Crippen LogP contribution in [0.15, 0.2) is 66.7 Å². The second-order valence-electron chi connectivity index (χ2n) is 6.50. The average molecular weight is 346 g/mol. The number of hydrogen-bond acceptors (Lipinski definition) is 4. The molecule has 0 radical (unpaired) electrons. The van der Waals surface area contributed by atoms with Crippen LogP contribution in [-0.4, -0.2) is 22.2 Å². The molecule has 0 aliphatic heterocycles. The SMILES string of the molecule is Nc1ccc2c3ccccc3n(C[C@@H](N)COCc3ccccc3)c2n1. The Morgan fingerprint density at radius 3 is 2.54 bits per heavy atom. The van der Waals surface area contributed by atoms with Gasteiger partial charge in [0.2, 0.25) is 0 Å². The van der Waals surface area contributed by atoms with E-state index < -0.39 is 0 Å². The summed E-state index contributed by atoms with van der Waals surface area (Å²) < 4.78 is 7.93. The molecule has 0 spiro atoms. The van der Waals surface area contributed by atoms with E-state index in [-0.39, 0.29) is 6.04 Å². The number of aromatic nitrogens is 2. The molecule has 5 heteroatoms. The topological polar surface area (TPSA) is 79.1 Å². The van der Waals surface area contributed by atoms with E-state index >= 15 is 0 Å². The molecule has 4 N–H and O–H groups in total. The van der Waals surface area contributed by atoms with Crippen molar-refractivity contribution >= 4 is 27.8 Å². The molecule has 132 valence electrons. The first-order valence-electron chi connectivity index (χ1n) is 8.73. The Labute approximate surface area is 152 Å². The maximum absolute atomic E-state index is 6.34. The molecule has 4 aromatic rings. The molecule has 0 fully saturated rings. The van der Waals surface area contributed by atoms with E-state index in [1.165, 1.54) is 0 Å². The van der Waals surface area contributed by atoms with Crippen LogP contribution >= 0.6 is 0 Å². The molecule has 0 saturated heterocycles.